The van der Waals surface area contributed by atoms with E-state index in [9.17, 15) is 27.2 Å². The van der Waals surface area contributed by atoms with Crippen LogP contribution in [-0.2, 0) is 5.92 Å². The van der Waals surface area contributed by atoms with Gasteiger partial charge in [-0.2, -0.15) is 8.78 Å². The molecule has 0 saturated heterocycles. The zero-order chi connectivity index (χ0) is 24.3. The van der Waals surface area contributed by atoms with Crippen LogP contribution in [0.15, 0.2) is 59.5 Å². The van der Waals surface area contributed by atoms with E-state index in [0.717, 1.165) is 22.9 Å². The Balaban J connectivity index is 1.92. The predicted molar refractivity (Wildman–Crippen MR) is 112 cm³/mol. The van der Waals surface area contributed by atoms with Crippen LogP contribution in [0.3, 0.4) is 0 Å². The number of nitrogens with one attached hydrogen (secondary N) is 1. The summed E-state index contributed by atoms with van der Waals surface area (Å²) in [6, 6.07) is 8.64. The molecule has 0 saturated carbocycles. The molecule has 1 aromatic heterocycles. The average molecular weight is 464 g/mol. The van der Waals surface area contributed by atoms with E-state index in [2.05, 4.69) is 5.32 Å². The van der Waals surface area contributed by atoms with Crippen molar-refractivity contribution < 1.29 is 32.2 Å². The number of hydrogen-bond acceptors (Lipinski definition) is 4. The second kappa shape index (κ2) is 9.45. The predicted octanol–water partition coefficient (Wildman–Crippen LogP) is 3.70. The molecule has 174 valence electrons. The van der Waals surface area contributed by atoms with Gasteiger partial charge in [0.05, 0.1) is 30.0 Å². The molecule has 2 N–H and O–H groups in total. The fourth-order valence-corrected chi connectivity index (χ4v) is 3.26. The van der Waals surface area contributed by atoms with E-state index in [-0.39, 0.29) is 22.6 Å². The van der Waals surface area contributed by atoms with Crippen LogP contribution in [0, 0.1) is 11.6 Å². The molecule has 0 aliphatic carbocycles. The third-order valence-electron chi connectivity index (χ3n) is 5.03. The maximum absolute atomic E-state index is 14.7. The molecule has 2 aromatic carbocycles. The average Bonchev–Trinajstić information content (AvgIpc) is 2.79. The number of aliphatic hydroxyl groups excluding tert-OH is 1. The van der Waals surface area contributed by atoms with Crippen molar-refractivity contribution in [1.29, 1.82) is 0 Å². The second-order valence-corrected chi connectivity index (χ2v) is 7.19. The zero-order valence-electron chi connectivity index (χ0n) is 17.6. The first-order valence-electron chi connectivity index (χ1n) is 9.74. The number of carbonyl (C=O) groups is 1. The van der Waals surface area contributed by atoms with Crippen LogP contribution >= 0.6 is 0 Å². The molecule has 0 aliphatic rings. The fraction of sp³-hybridized carbons (Fsp3) is 0.217. The summed E-state index contributed by atoms with van der Waals surface area (Å²) < 4.78 is 62.7. The molecule has 0 bridgehead atoms. The molecule has 0 fully saturated rings. The number of nitrogens with zero attached hydrogens (tertiary/aromatic N) is 1. The number of methoxy groups -OCH3 is 1. The van der Waals surface area contributed by atoms with Gasteiger partial charge in [-0.15, -0.1) is 0 Å². The van der Waals surface area contributed by atoms with Gasteiger partial charge in [0.1, 0.15) is 12.4 Å². The highest BCUT2D eigenvalue weighted by Gasteiger charge is 2.35. The number of ether oxygens (including phenoxy) is 1. The van der Waals surface area contributed by atoms with Gasteiger partial charge >= 0.3 is 0 Å². The number of alkyl halides is 2. The van der Waals surface area contributed by atoms with Gasteiger partial charge < -0.3 is 15.2 Å². The minimum atomic E-state index is -3.79. The molecular formula is C23H20F4N2O4. The van der Waals surface area contributed by atoms with E-state index in [0.29, 0.717) is 0 Å². The van der Waals surface area contributed by atoms with Crippen LogP contribution < -0.4 is 15.6 Å². The van der Waals surface area contributed by atoms with Gasteiger partial charge in [0, 0.05) is 17.8 Å². The Hall–Kier alpha value is -3.66. The Labute approximate surface area is 186 Å². The van der Waals surface area contributed by atoms with Crippen molar-refractivity contribution in [2.75, 3.05) is 13.7 Å². The van der Waals surface area contributed by atoms with Gasteiger partial charge in [-0.05, 0) is 31.2 Å². The van der Waals surface area contributed by atoms with E-state index in [1.165, 1.54) is 50.4 Å². The number of carbonyl (C=O) groups excluding carboxylic acids is 1. The summed E-state index contributed by atoms with van der Waals surface area (Å²) in [7, 11) is 1.26. The van der Waals surface area contributed by atoms with Crippen LogP contribution in [0.25, 0.3) is 5.69 Å². The van der Waals surface area contributed by atoms with Gasteiger partial charge in [0.25, 0.3) is 17.4 Å². The first-order valence-corrected chi connectivity index (χ1v) is 9.74. The molecule has 0 aliphatic heterocycles. The molecule has 33 heavy (non-hydrogen) atoms. The lowest BCUT2D eigenvalue weighted by Crippen LogP contribution is -2.30. The molecule has 0 unspecified atom stereocenters. The van der Waals surface area contributed by atoms with E-state index in [4.69, 9.17) is 9.84 Å². The molecule has 1 amide bonds. The van der Waals surface area contributed by atoms with Crippen LogP contribution in [0.2, 0.25) is 0 Å². The SMILES string of the molecule is COc1cccc(-n2cc(C(=O)N[C@H](C)c3cccc(C(F)(F)CO)c3F)ccc2=O)c1F. The highest BCUT2D eigenvalue weighted by Crippen LogP contribution is 2.32. The minimum Gasteiger partial charge on any atom is -0.494 e. The zero-order valence-corrected chi connectivity index (χ0v) is 17.6. The normalized spacial score (nSPS) is 12.3. The lowest BCUT2D eigenvalue weighted by atomic mass is 10.00. The van der Waals surface area contributed by atoms with E-state index >= 15 is 0 Å². The first-order chi connectivity index (χ1) is 15.6. The number of pyridine rings is 1. The highest BCUT2D eigenvalue weighted by atomic mass is 19.3. The fourth-order valence-electron chi connectivity index (χ4n) is 3.26. The van der Waals surface area contributed by atoms with Crippen molar-refractivity contribution in [2.45, 2.75) is 18.9 Å². The quantitative estimate of drug-likeness (QED) is 0.523. The third-order valence-corrected chi connectivity index (χ3v) is 5.03. The van der Waals surface area contributed by atoms with Gasteiger partial charge in [0.2, 0.25) is 0 Å². The second-order valence-electron chi connectivity index (χ2n) is 7.19. The Morgan fingerprint density at radius 1 is 1.12 bits per heavy atom. The van der Waals surface area contributed by atoms with Crippen LogP contribution in [0.4, 0.5) is 17.6 Å². The van der Waals surface area contributed by atoms with E-state index in [1.807, 2.05) is 0 Å². The molecule has 10 heteroatoms. The maximum Gasteiger partial charge on any atom is 0.298 e. The smallest absolute Gasteiger partial charge is 0.298 e. The van der Waals surface area contributed by atoms with E-state index in [1.54, 1.807) is 0 Å². The standard InChI is InChI=1S/C23H20F4N2O4/c1-13(15-5-3-6-16(20(15)24)23(26,27)12-30)28-22(32)14-9-10-19(31)29(11-14)17-7-4-8-18(33-2)21(17)25/h3-11,13,30H,12H2,1-2H3,(H,28,32)/t13-/m1/s1. The summed E-state index contributed by atoms with van der Waals surface area (Å²) in [6.07, 6.45) is 1.11. The maximum atomic E-state index is 14.7. The molecule has 3 aromatic rings. The van der Waals surface area contributed by atoms with Crippen molar-refractivity contribution >= 4 is 5.91 Å². The lowest BCUT2D eigenvalue weighted by Gasteiger charge is -2.20. The molecule has 0 spiro atoms. The monoisotopic (exact) mass is 464 g/mol. The Morgan fingerprint density at radius 2 is 1.82 bits per heavy atom. The summed E-state index contributed by atoms with van der Waals surface area (Å²) >= 11 is 0. The topological polar surface area (TPSA) is 80.6 Å². The van der Waals surface area contributed by atoms with E-state index < -0.39 is 47.2 Å². The molecule has 6 nitrogen and oxygen atoms in total. The molecule has 0 radical (unpaired) electrons. The Kier molecular flexibility index (Phi) is 6.87. The summed E-state index contributed by atoms with van der Waals surface area (Å²) in [5.41, 5.74) is -2.03. The molecule has 1 atom stereocenters. The van der Waals surface area contributed by atoms with Gasteiger partial charge in [-0.25, -0.2) is 8.78 Å². The molecule has 3 rings (SSSR count). The summed E-state index contributed by atoms with van der Waals surface area (Å²) in [5, 5.41) is 11.3. The van der Waals surface area contributed by atoms with Gasteiger partial charge in [-0.1, -0.05) is 18.2 Å². The number of hydrogen-bond donors (Lipinski definition) is 2. The van der Waals surface area contributed by atoms with Crippen LogP contribution in [0.1, 0.15) is 34.5 Å². The number of aliphatic hydroxyl groups is 1. The van der Waals surface area contributed by atoms with Gasteiger partial charge in [-0.3, -0.25) is 14.2 Å². The van der Waals surface area contributed by atoms with Crippen LogP contribution in [0.5, 0.6) is 5.75 Å². The Bertz CT molecular complexity index is 1240. The van der Waals surface area contributed by atoms with Crippen molar-refractivity contribution in [3.8, 4) is 11.4 Å². The van der Waals surface area contributed by atoms with Crippen molar-refractivity contribution in [1.82, 2.24) is 9.88 Å². The summed E-state index contributed by atoms with van der Waals surface area (Å²) in [6.45, 7) is -0.189. The van der Waals surface area contributed by atoms with Gasteiger partial charge in [0.15, 0.2) is 11.6 Å². The van der Waals surface area contributed by atoms with Crippen molar-refractivity contribution in [2.24, 2.45) is 0 Å². The number of rotatable bonds is 7. The molecule has 1 heterocycles. The number of amides is 1. The summed E-state index contributed by atoms with van der Waals surface area (Å²) in [5.74, 6) is -6.71. The third kappa shape index (κ3) is 4.75. The number of aromatic nitrogens is 1. The minimum absolute atomic E-state index is 0.0547. The highest BCUT2D eigenvalue weighted by molar-refractivity contribution is 5.94. The number of benzene rings is 2. The first kappa shape index (κ1) is 24.0. The van der Waals surface area contributed by atoms with Crippen molar-refractivity contribution in [3.05, 3.63) is 93.4 Å². The summed E-state index contributed by atoms with van der Waals surface area (Å²) in [4.78, 5) is 25.0. The largest absolute Gasteiger partial charge is 0.494 e. The Morgan fingerprint density at radius 3 is 2.48 bits per heavy atom. The van der Waals surface area contributed by atoms with Crippen molar-refractivity contribution in [3.63, 3.8) is 0 Å². The number of halogens is 4. The molecular weight excluding hydrogens is 444 g/mol. The lowest BCUT2D eigenvalue weighted by molar-refractivity contribution is -0.0584. The van der Waals surface area contributed by atoms with Crippen LogP contribution in [-0.4, -0.2) is 29.3 Å².